The van der Waals surface area contributed by atoms with Crippen molar-refractivity contribution in [1.29, 1.82) is 5.26 Å². The van der Waals surface area contributed by atoms with Crippen LogP contribution in [0.25, 0.3) is 0 Å². The minimum absolute atomic E-state index is 0.0871. The zero-order valence-electron chi connectivity index (χ0n) is 12.0. The molecule has 0 fully saturated rings. The lowest BCUT2D eigenvalue weighted by atomic mass is 9.95. The maximum atomic E-state index is 12.5. The molecule has 1 amide bonds. The Bertz CT molecular complexity index is 521. The smallest absolute Gasteiger partial charge is 0.229 e. The molecule has 0 spiro atoms. The molecule has 1 aromatic rings. The Labute approximate surface area is 120 Å². The van der Waals surface area contributed by atoms with Gasteiger partial charge in [-0.2, -0.15) is 5.26 Å². The number of fused-ring (bicyclic) bond motifs is 1. The first-order valence-corrected chi connectivity index (χ1v) is 7.04. The van der Waals surface area contributed by atoms with E-state index >= 15 is 0 Å². The molecule has 4 nitrogen and oxygen atoms in total. The molecule has 0 saturated carbocycles. The average molecular weight is 272 g/mol. The van der Waals surface area contributed by atoms with Crippen molar-refractivity contribution in [2.45, 2.75) is 20.3 Å². The van der Waals surface area contributed by atoms with E-state index in [9.17, 15) is 4.79 Å². The summed E-state index contributed by atoms with van der Waals surface area (Å²) in [6.07, 6.45) is 0.715. The Kier molecular flexibility index (Phi) is 4.62. The molecule has 0 aliphatic carbocycles. The van der Waals surface area contributed by atoms with Gasteiger partial charge in [-0.25, -0.2) is 0 Å². The van der Waals surface area contributed by atoms with Gasteiger partial charge in [0.1, 0.15) is 12.4 Å². The van der Waals surface area contributed by atoms with Gasteiger partial charge in [0.2, 0.25) is 5.91 Å². The molecular formula is C16H20N2O2. The van der Waals surface area contributed by atoms with Crippen LogP contribution < -0.4 is 4.74 Å². The van der Waals surface area contributed by atoms with Crippen LogP contribution in [-0.4, -0.2) is 30.5 Å². The summed E-state index contributed by atoms with van der Waals surface area (Å²) in [5, 5.41) is 8.89. The molecule has 20 heavy (non-hydrogen) atoms. The lowest BCUT2D eigenvalue weighted by Crippen LogP contribution is -2.42. The Morgan fingerprint density at radius 2 is 2.30 bits per heavy atom. The van der Waals surface area contributed by atoms with Crippen molar-refractivity contribution in [3.8, 4) is 11.8 Å². The van der Waals surface area contributed by atoms with Crippen LogP contribution >= 0.6 is 0 Å². The van der Waals surface area contributed by atoms with Crippen molar-refractivity contribution in [3.63, 3.8) is 0 Å². The normalized spacial score (nSPS) is 18.4. The van der Waals surface area contributed by atoms with Crippen molar-refractivity contribution in [2.75, 3.05) is 19.7 Å². The van der Waals surface area contributed by atoms with Crippen LogP contribution in [-0.2, 0) is 11.2 Å². The predicted octanol–water partition coefficient (Wildman–Crippen LogP) is 2.25. The summed E-state index contributed by atoms with van der Waals surface area (Å²) in [7, 11) is 0. The first-order valence-electron chi connectivity index (χ1n) is 7.04. The molecule has 0 aromatic heterocycles. The minimum Gasteiger partial charge on any atom is -0.492 e. The third-order valence-electron chi connectivity index (χ3n) is 3.64. The monoisotopic (exact) mass is 272 g/mol. The van der Waals surface area contributed by atoms with E-state index < -0.39 is 0 Å². The third-order valence-corrected chi connectivity index (χ3v) is 3.64. The second-order valence-corrected chi connectivity index (χ2v) is 5.23. The summed E-state index contributed by atoms with van der Waals surface area (Å²) in [5.74, 6) is 0.681. The highest BCUT2D eigenvalue weighted by molar-refractivity contribution is 5.79. The van der Waals surface area contributed by atoms with Crippen LogP contribution in [0.1, 0.15) is 19.4 Å². The van der Waals surface area contributed by atoms with Gasteiger partial charge >= 0.3 is 0 Å². The number of para-hydroxylation sites is 1. The molecule has 1 aliphatic heterocycles. The molecule has 0 bridgehead atoms. The van der Waals surface area contributed by atoms with E-state index in [0.29, 0.717) is 26.1 Å². The molecule has 0 saturated heterocycles. The van der Waals surface area contributed by atoms with E-state index in [1.165, 1.54) is 0 Å². The quantitative estimate of drug-likeness (QED) is 0.844. The fourth-order valence-electron chi connectivity index (χ4n) is 2.49. The van der Waals surface area contributed by atoms with Gasteiger partial charge in [0, 0.05) is 13.1 Å². The molecule has 106 valence electrons. The van der Waals surface area contributed by atoms with E-state index in [2.05, 4.69) is 6.07 Å². The summed E-state index contributed by atoms with van der Waals surface area (Å²) in [6.45, 7) is 5.32. The first-order chi connectivity index (χ1) is 9.65. The van der Waals surface area contributed by atoms with Crippen LogP contribution in [0.15, 0.2) is 24.3 Å². The second kappa shape index (κ2) is 6.42. The fourth-order valence-corrected chi connectivity index (χ4v) is 2.49. The van der Waals surface area contributed by atoms with Crippen LogP contribution in [0.2, 0.25) is 0 Å². The standard InChI is InChI=1S/C16H20N2O2/c1-3-18(10-12(2)9-17)16(19)14-8-13-6-4-5-7-15(13)20-11-14/h4-7,12,14H,3,8,10-11H2,1-2H3. The second-order valence-electron chi connectivity index (χ2n) is 5.23. The molecule has 2 rings (SSSR count). The molecule has 1 heterocycles. The van der Waals surface area contributed by atoms with Gasteiger partial charge in [0.15, 0.2) is 0 Å². The number of benzene rings is 1. The highest BCUT2D eigenvalue weighted by atomic mass is 16.5. The van der Waals surface area contributed by atoms with Crippen molar-refractivity contribution in [2.24, 2.45) is 11.8 Å². The maximum Gasteiger partial charge on any atom is 0.229 e. The van der Waals surface area contributed by atoms with Crippen molar-refractivity contribution < 1.29 is 9.53 Å². The first kappa shape index (κ1) is 14.4. The largest absolute Gasteiger partial charge is 0.492 e. The Hall–Kier alpha value is -2.02. The molecule has 2 atom stereocenters. The summed E-state index contributed by atoms with van der Waals surface area (Å²) in [6, 6.07) is 10.0. The highest BCUT2D eigenvalue weighted by Gasteiger charge is 2.29. The number of hydrogen-bond acceptors (Lipinski definition) is 3. The van der Waals surface area contributed by atoms with E-state index in [4.69, 9.17) is 10.00 Å². The summed E-state index contributed by atoms with van der Waals surface area (Å²) in [4.78, 5) is 14.3. The summed E-state index contributed by atoms with van der Waals surface area (Å²) in [5.41, 5.74) is 1.08. The molecule has 4 heteroatoms. The molecule has 2 unspecified atom stereocenters. The third kappa shape index (κ3) is 3.11. The Morgan fingerprint density at radius 1 is 1.55 bits per heavy atom. The molecular weight excluding hydrogens is 252 g/mol. The lowest BCUT2D eigenvalue weighted by Gasteiger charge is -2.30. The number of carbonyl (C=O) groups is 1. The zero-order valence-corrected chi connectivity index (χ0v) is 12.0. The molecule has 0 N–H and O–H groups in total. The molecule has 0 radical (unpaired) electrons. The van der Waals surface area contributed by atoms with E-state index in [1.54, 1.807) is 4.90 Å². The van der Waals surface area contributed by atoms with Crippen molar-refractivity contribution in [1.82, 2.24) is 4.90 Å². The fraction of sp³-hybridized carbons (Fsp3) is 0.500. The van der Waals surface area contributed by atoms with Crippen LogP contribution in [0, 0.1) is 23.2 Å². The number of nitrogens with zero attached hydrogens (tertiary/aromatic N) is 2. The number of rotatable bonds is 4. The number of ether oxygens (including phenoxy) is 1. The van der Waals surface area contributed by atoms with E-state index in [0.717, 1.165) is 11.3 Å². The van der Waals surface area contributed by atoms with Gasteiger partial charge in [0.25, 0.3) is 0 Å². The highest BCUT2D eigenvalue weighted by Crippen LogP contribution is 2.27. The van der Waals surface area contributed by atoms with E-state index in [1.807, 2.05) is 38.1 Å². The summed E-state index contributed by atoms with van der Waals surface area (Å²) < 4.78 is 5.67. The molecule has 1 aromatic carbocycles. The number of nitriles is 1. The van der Waals surface area contributed by atoms with E-state index in [-0.39, 0.29) is 17.7 Å². The van der Waals surface area contributed by atoms with Gasteiger partial charge in [-0.15, -0.1) is 0 Å². The van der Waals surface area contributed by atoms with Gasteiger partial charge in [0.05, 0.1) is 17.9 Å². The maximum absolute atomic E-state index is 12.5. The van der Waals surface area contributed by atoms with Gasteiger partial charge in [-0.1, -0.05) is 18.2 Å². The SMILES string of the molecule is CCN(CC(C)C#N)C(=O)C1COc2ccccc2C1. The summed E-state index contributed by atoms with van der Waals surface area (Å²) >= 11 is 0. The van der Waals surface area contributed by atoms with Gasteiger partial charge in [-0.3, -0.25) is 4.79 Å². The topological polar surface area (TPSA) is 53.3 Å². The number of amides is 1. The van der Waals surface area contributed by atoms with Crippen LogP contribution in [0.4, 0.5) is 0 Å². The minimum atomic E-state index is -0.143. The van der Waals surface area contributed by atoms with Gasteiger partial charge in [-0.05, 0) is 31.9 Å². The van der Waals surface area contributed by atoms with Crippen LogP contribution in [0.3, 0.4) is 0 Å². The lowest BCUT2D eigenvalue weighted by molar-refractivity contribution is -0.137. The molecule has 1 aliphatic rings. The Morgan fingerprint density at radius 3 is 3.00 bits per heavy atom. The van der Waals surface area contributed by atoms with Gasteiger partial charge < -0.3 is 9.64 Å². The predicted molar refractivity (Wildman–Crippen MR) is 76.2 cm³/mol. The zero-order chi connectivity index (χ0) is 14.5. The van der Waals surface area contributed by atoms with Crippen LogP contribution in [0.5, 0.6) is 5.75 Å². The average Bonchev–Trinajstić information content (AvgIpc) is 2.51. The Balaban J connectivity index is 2.05. The van der Waals surface area contributed by atoms with Crippen molar-refractivity contribution in [3.05, 3.63) is 29.8 Å². The van der Waals surface area contributed by atoms with Crippen molar-refractivity contribution >= 4 is 5.91 Å². The number of hydrogen-bond donors (Lipinski definition) is 0. The number of carbonyl (C=O) groups excluding carboxylic acids is 1.